The fourth-order valence-corrected chi connectivity index (χ4v) is 3.95. The van der Waals surface area contributed by atoms with E-state index in [1.165, 1.54) is 5.39 Å². The SMILES string of the molecule is c1cnc(Oc2cccc(-c3ccc4c5ccccc5n(-c5ncccn5)c4c3)c2)nc1. The number of hydrogen-bond acceptors (Lipinski definition) is 5. The van der Waals surface area contributed by atoms with Crippen LogP contribution in [0.5, 0.6) is 11.8 Å². The van der Waals surface area contributed by atoms with Gasteiger partial charge in [0, 0.05) is 35.6 Å². The second-order valence-corrected chi connectivity index (χ2v) is 7.29. The normalized spacial score (nSPS) is 11.1. The van der Waals surface area contributed by atoms with Gasteiger partial charge in [0.25, 0.3) is 0 Å². The van der Waals surface area contributed by atoms with Gasteiger partial charge in [-0.3, -0.25) is 4.57 Å². The molecule has 3 aromatic carbocycles. The Bertz CT molecular complexity index is 1550. The lowest BCUT2D eigenvalue weighted by Gasteiger charge is -2.08. The van der Waals surface area contributed by atoms with E-state index in [1.54, 1.807) is 30.9 Å². The van der Waals surface area contributed by atoms with Crippen LogP contribution >= 0.6 is 0 Å². The molecule has 0 N–H and O–H groups in total. The van der Waals surface area contributed by atoms with Crippen molar-refractivity contribution < 1.29 is 4.74 Å². The average Bonchev–Trinajstić information content (AvgIpc) is 3.19. The highest BCUT2D eigenvalue weighted by atomic mass is 16.5. The Morgan fingerprint density at radius 2 is 1.28 bits per heavy atom. The van der Waals surface area contributed by atoms with Gasteiger partial charge >= 0.3 is 6.01 Å². The lowest BCUT2D eigenvalue weighted by atomic mass is 10.0. The molecule has 3 aromatic heterocycles. The Morgan fingerprint density at radius 3 is 2.12 bits per heavy atom. The van der Waals surface area contributed by atoms with E-state index < -0.39 is 0 Å². The summed E-state index contributed by atoms with van der Waals surface area (Å²) in [5.41, 5.74) is 4.22. The standard InChI is InChI=1S/C26H17N5O/c1-2-9-23-21(8-1)22-11-10-19(17-24(22)31(23)25-27-12-4-13-28-25)18-6-3-7-20(16-18)32-26-29-14-5-15-30-26/h1-17H. The van der Waals surface area contributed by atoms with E-state index in [1.807, 2.05) is 30.3 Å². The van der Waals surface area contributed by atoms with E-state index in [0.29, 0.717) is 17.7 Å². The van der Waals surface area contributed by atoms with Gasteiger partial charge in [-0.1, -0.05) is 42.5 Å². The van der Waals surface area contributed by atoms with E-state index >= 15 is 0 Å². The Balaban J connectivity index is 1.50. The third kappa shape index (κ3) is 3.15. The zero-order valence-electron chi connectivity index (χ0n) is 17.0. The maximum atomic E-state index is 5.82. The van der Waals surface area contributed by atoms with Crippen LogP contribution in [0.2, 0.25) is 0 Å². The zero-order valence-corrected chi connectivity index (χ0v) is 17.0. The Kier molecular flexibility index (Phi) is 4.32. The van der Waals surface area contributed by atoms with Gasteiger partial charge in [-0.2, -0.15) is 0 Å². The highest BCUT2D eigenvalue weighted by molar-refractivity contribution is 6.09. The average molecular weight is 415 g/mol. The maximum Gasteiger partial charge on any atom is 0.321 e. The molecule has 0 amide bonds. The molecular formula is C26H17N5O. The van der Waals surface area contributed by atoms with Crippen LogP contribution in [0.25, 0.3) is 38.9 Å². The van der Waals surface area contributed by atoms with Crippen molar-refractivity contribution in [1.82, 2.24) is 24.5 Å². The van der Waals surface area contributed by atoms with Gasteiger partial charge in [0.05, 0.1) is 11.0 Å². The number of ether oxygens (including phenoxy) is 1. The van der Waals surface area contributed by atoms with Gasteiger partial charge in [-0.05, 0) is 47.5 Å². The molecular weight excluding hydrogens is 398 g/mol. The molecule has 6 nitrogen and oxygen atoms in total. The molecule has 0 unspecified atom stereocenters. The number of nitrogens with zero attached hydrogens (tertiary/aromatic N) is 5. The number of aromatic nitrogens is 5. The molecule has 0 spiro atoms. The van der Waals surface area contributed by atoms with Crippen molar-refractivity contribution >= 4 is 21.8 Å². The van der Waals surface area contributed by atoms with Crippen LogP contribution in [0.3, 0.4) is 0 Å². The quantitative estimate of drug-likeness (QED) is 0.363. The summed E-state index contributed by atoms with van der Waals surface area (Å²) < 4.78 is 7.93. The van der Waals surface area contributed by atoms with E-state index in [0.717, 1.165) is 27.5 Å². The van der Waals surface area contributed by atoms with Gasteiger partial charge in [-0.25, -0.2) is 19.9 Å². The first kappa shape index (κ1) is 18.2. The molecule has 3 heterocycles. The molecule has 152 valence electrons. The summed E-state index contributed by atoms with van der Waals surface area (Å²) in [6, 6.07) is 26.6. The van der Waals surface area contributed by atoms with Crippen molar-refractivity contribution in [2.45, 2.75) is 0 Å². The van der Waals surface area contributed by atoms with Crippen LogP contribution in [-0.2, 0) is 0 Å². The molecule has 6 heteroatoms. The predicted molar refractivity (Wildman–Crippen MR) is 124 cm³/mol. The first-order valence-electron chi connectivity index (χ1n) is 10.2. The number of para-hydroxylation sites is 1. The largest absolute Gasteiger partial charge is 0.424 e. The number of benzene rings is 3. The van der Waals surface area contributed by atoms with Crippen LogP contribution in [0.4, 0.5) is 0 Å². The zero-order chi connectivity index (χ0) is 21.3. The number of hydrogen-bond donors (Lipinski definition) is 0. The lowest BCUT2D eigenvalue weighted by Crippen LogP contribution is -1.99. The van der Waals surface area contributed by atoms with Crippen molar-refractivity contribution in [3.8, 4) is 28.8 Å². The summed E-state index contributed by atoms with van der Waals surface area (Å²) in [7, 11) is 0. The van der Waals surface area contributed by atoms with Crippen LogP contribution in [0.15, 0.2) is 104 Å². The van der Waals surface area contributed by atoms with Gasteiger partial charge in [0.1, 0.15) is 5.75 Å². The summed E-state index contributed by atoms with van der Waals surface area (Å²) >= 11 is 0. The molecule has 0 radical (unpaired) electrons. The Labute approximate surface area is 183 Å². The maximum absolute atomic E-state index is 5.82. The van der Waals surface area contributed by atoms with Crippen molar-refractivity contribution in [2.75, 3.05) is 0 Å². The molecule has 6 rings (SSSR count). The Hall–Kier alpha value is -4.58. The minimum absolute atomic E-state index is 0.321. The summed E-state index contributed by atoms with van der Waals surface area (Å²) in [4.78, 5) is 17.3. The molecule has 0 saturated heterocycles. The van der Waals surface area contributed by atoms with Crippen molar-refractivity contribution in [3.05, 3.63) is 104 Å². The molecule has 0 aliphatic carbocycles. The van der Waals surface area contributed by atoms with Crippen LogP contribution in [0.1, 0.15) is 0 Å². The first-order chi connectivity index (χ1) is 15.9. The fourth-order valence-electron chi connectivity index (χ4n) is 3.95. The Morgan fingerprint density at radius 1 is 0.562 bits per heavy atom. The van der Waals surface area contributed by atoms with Crippen molar-refractivity contribution in [3.63, 3.8) is 0 Å². The second-order valence-electron chi connectivity index (χ2n) is 7.29. The highest BCUT2D eigenvalue weighted by Gasteiger charge is 2.14. The van der Waals surface area contributed by atoms with Gasteiger partial charge in [-0.15, -0.1) is 0 Å². The first-order valence-corrected chi connectivity index (χ1v) is 10.2. The van der Waals surface area contributed by atoms with Gasteiger partial charge in [0.15, 0.2) is 0 Å². The van der Waals surface area contributed by atoms with E-state index in [2.05, 4.69) is 67.0 Å². The van der Waals surface area contributed by atoms with Crippen LogP contribution < -0.4 is 4.74 Å². The second kappa shape index (κ2) is 7.59. The van der Waals surface area contributed by atoms with Crippen molar-refractivity contribution in [1.29, 1.82) is 0 Å². The molecule has 0 atom stereocenters. The van der Waals surface area contributed by atoms with E-state index in [9.17, 15) is 0 Å². The minimum atomic E-state index is 0.321. The van der Waals surface area contributed by atoms with E-state index in [-0.39, 0.29) is 0 Å². The third-order valence-electron chi connectivity index (χ3n) is 5.34. The van der Waals surface area contributed by atoms with E-state index in [4.69, 9.17) is 4.74 Å². The molecule has 0 bridgehead atoms. The van der Waals surface area contributed by atoms with Crippen LogP contribution in [-0.4, -0.2) is 24.5 Å². The van der Waals surface area contributed by atoms with Gasteiger partial charge < -0.3 is 4.74 Å². The molecule has 0 fully saturated rings. The molecule has 0 aliphatic rings. The fraction of sp³-hybridized carbons (Fsp3) is 0. The monoisotopic (exact) mass is 415 g/mol. The molecule has 32 heavy (non-hydrogen) atoms. The predicted octanol–water partition coefficient (Wildman–Crippen LogP) is 5.82. The molecule has 6 aromatic rings. The van der Waals surface area contributed by atoms with Gasteiger partial charge in [0.2, 0.25) is 5.95 Å². The van der Waals surface area contributed by atoms with Crippen molar-refractivity contribution in [2.24, 2.45) is 0 Å². The van der Waals surface area contributed by atoms with Crippen LogP contribution in [0, 0.1) is 0 Å². The summed E-state index contributed by atoms with van der Waals surface area (Å²) in [5, 5.41) is 2.32. The lowest BCUT2D eigenvalue weighted by molar-refractivity contribution is 0.442. The summed E-state index contributed by atoms with van der Waals surface area (Å²) in [6.45, 7) is 0. The topological polar surface area (TPSA) is 65.7 Å². The molecule has 0 saturated carbocycles. The number of fused-ring (bicyclic) bond motifs is 3. The smallest absolute Gasteiger partial charge is 0.321 e. The third-order valence-corrected chi connectivity index (χ3v) is 5.34. The summed E-state index contributed by atoms with van der Waals surface area (Å²) in [6.07, 6.45) is 6.84. The minimum Gasteiger partial charge on any atom is -0.424 e. The number of rotatable bonds is 4. The molecule has 0 aliphatic heterocycles. The highest BCUT2D eigenvalue weighted by Crippen LogP contribution is 2.34. The summed E-state index contributed by atoms with van der Waals surface area (Å²) in [5.74, 6) is 1.33.